The molecule has 2 unspecified atom stereocenters. The number of allylic oxidation sites excluding steroid dienone is 2. The first-order chi connectivity index (χ1) is 12.9. The van der Waals surface area contributed by atoms with E-state index in [1.807, 2.05) is 32.1 Å². The van der Waals surface area contributed by atoms with Crippen LogP contribution in [0.1, 0.15) is 37.0 Å². The molecule has 2 aromatic rings. The molecule has 0 N–H and O–H groups in total. The Morgan fingerprint density at radius 3 is 2.48 bits per heavy atom. The van der Waals surface area contributed by atoms with Crippen molar-refractivity contribution in [2.24, 2.45) is 5.41 Å². The maximum Gasteiger partial charge on any atom is 0.126 e. The summed E-state index contributed by atoms with van der Waals surface area (Å²) in [5.41, 5.74) is 3.40. The van der Waals surface area contributed by atoms with Crippen molar-refractivity contribution < 1.29 is 9.53 Å². The first kappa shape index (κ1) is 21.2. The second-order valence-corrected chi connectivity index (χ2v) is 9.03. The minimum atomic E-state index is -0.375. The van der Waals surface area contributed by atoms with E-state index < -0.39 is 0 Å². The Morgan fingerprint density at radius 2 is 1.89 bits per heavy atom. The smallest absolute Gasteiger partial charge is 0.126 e. The quantitative estimate of drug-likeness (QED) is 0.310. The Morgan fingerprint density at radius 1 is 1.19 bits per heavy atom. The molecular formula is C24H30O2S. The highest BCUT2D eigenvalue weighted by atomic mass is 32.2. The number of aryl methyl sites for hydroxylation is 1. The van der Waals surface area contributed by atoms with Gasteiger partial charge in [-0.15, -0.1) is 0 Å². The van der Waals surface area contributed by atoms with Gasteiger partial charge in [0.1, 0.15) is 12.0 Å². The van der Waals surface area contributed by atoms with Crippen molar-refractivity contribution in [3.05, 3.63) is 71.3 Å². The summed E-state index contributed by atoms with van der Waals surface area (Å²) in [5, 5.41) is 0. The van der Waals surface area contributed by atoms with E-state index in [1.165, 1.54) is 21.6 Å². The van der Waals surface area contributed by atoms with Crippen molar-refractivity contribution in [3.63, 3.8) is 0 Å². The molecule has 0 spiro atoms. The molecule has 2 rings (SSSR count). The Bertz CT molecular complexity index is 821. The van der Waals surface area contributed by atoms with Crippen LogP contribution >= 0.6 is 10.5 Å². The third-order valence-electron chi connectivity index (χ3n) is 4.69. The number of carbonyl (C=O) groups is 1. The summed E-state index contributed by atoms with van der Waals surface area (Å²) in [7, 11) is 1.43. The molecule has 0 aliphatic rings. The van der Waals surface area contributed by atoms with Crippen LogP contribution in [-0.4, -0.2) is 25.0 Å². The van der Waals surface area contributed by atoms with Gasteiger partial charge in [-0.3, -0.25) is 0 Å². The Labute approximate surface area is 166 Å². The van der Waals surface area contributed by atoms with Crippen molar-refractivity contribution in [1.82, 2.24) is 0 Å². The van der Waals surface area contributed by atoms with Crippen LogP contribution < -0.4 is 4.74 Å². The van der Waals surface area contributed by atoms with Crippen LogP contribution in [0.3, 0.4) is 0 Å². The van der Waals surface area contributed by atoms with Gasteiger partial charge in [0.05, 0.1) is 7.11 Å². The van der Waals surface area contributed by atoms with Crippen molar-refractivity contribution in [1.29, 1.82) is 0 Å². The van der Waals surface area contributed by atoms with Gasteiger partial charge >= 0.3 is 0 Å². The lowest BCUT2D eigenvalue weighted by atomic mass is 9.91. The van der Waals surface area contributed by atoms with Gasteiger partial charge in [-0.1, -0.05) is 54.8 Å². The van der Waals surface area contributed by atoms with Gasteiger partial charge in [-0.05, 0) is 56.0 Å². The van der Waals surface area contributed by atoms with Crippen molar-refractivity contribution in [2.75, 3.05) is 12.9 Å². The number of hydrogen-bond acceptors (Lipinski definition) is 2. The Balaban J connectivity index is 2.28. The zero-order valence-electron chi connectivity index (χ0n) is 16.8. The number of ether oxygens (including phenoxy) is 1. The lowest BCUT2D eigenvalue weighted by molar-refractivity contribution is -0.114. The zero-order chi connectivity index (χ0) is 19.9. The molecule has 144 valence electrons. The first-order valence-corrected chi connectivity index (χ1v) is 10.8. The van der Waals surface area contributed by atoms with E-state index >= 15 is 0 Å². The van der Waals surface area contributed by atoms with Crippen LogP contribution in [0.4, 0.5) is 0 Å². The standard InChI is InChI=1S/C24H30O2S/c1-6-7-14-24(3,17-25)18-27(5)23-13-8-19(2)15-21(23)16-20-9-11-22(26-4)12-10-20/h6-13,15,17H,5,14,16,18H2,1-4H3/b7-6+. The molecule has 2 atom stereocenters. The Hall–Kier alpha value is -2.13. The van der Waals surface area contributed by atoms with Gasteiger partial charge in [0, 0.05) is 16.1 Å². The maximum absolute atomic E-state index is 11.7. The molecule has 2 aromatic carbocycles. The molecule has 0 heterocycles. The summed E-state index contributed by atoms with van der Waals surface area (Å²) in [4.78, 5) is 13.0. The van der Waals surface area contributed by atoms with Crippen LogP contribution in [0, 0.1) is 12.3 Å². The largest absolute Gasteiger partial charge is 0.497 e. The van der Waals surface area contributed by atoms with Crippen LogP contribution in [-0.2, 0) is 11.2 Å². The minimum Gasteiger partial charge on any atom is -0.497 e. The predicted molar refractivity (Wildman–Crippen MR) is 118 cm³/mol. The van der Waals surface area contributed by atoms with E-state index in [9.17, 15) is 4.79 Å². The van der Waals surface area contributed by atoms with Gasteiger partial charge < -0.3 is 9.53 Å². The Kier molecular flexibility index (Phi) is 7.61. The maximum atomic E-state index is 11.7. The van der Waals surface area contributed by atoms with E-state index in [2.05, 4.69) is 49.2 Å². The van der Waals surface area contributed by atoms with Crippen LogP contribution in [0.5, 0.6) is 5.75 Å². The third kappa shape index (κ3) is 5.93. The number of aldehydes is 1. The molecular weight excluding hydrogens is 352 g/mol. The number of methoxy groups -OCH3 is 1. The lowest BCUT2D eigenvalue weighted by Crippen LogP contribution is -2.21. The molecule has 0 aliphatic carbocycles. The normalized spacial score (nSPS) is 14.7. The van der Waals surface area contributed by atoms with Gasteiger partial charge in [0.2, 0.25) is 0 Å². The fourth-order valence-corrected chi connectivity index (χ4v) is 5.00. The van der Waals surface area contributed by atoms with Crippen molar-refractivity contribution in [3.8, 4) is 5.75 Å². The molecule has 0 aromatic heterocycles. The van der Waals surface area contributed by atoms with Crippen molar-refractivity contribution >= 4 is 22.6 Å². The third-order valence-corrected chi connectivity index (χ3v) is 6.72. The minimum absolute atomic E-state index is 0.245. The summed E-state index contributed by atoms with van der Waals surface area (Å²) >= 11 is 0. The average Bonchev–Trinajstić information content (AvgIpc) is 2.67. The summed E-state index contributed by atoms with van der Waals surface area (Å²) in [6.45, 7) is 6.13. The van der Waals surface area contributed by atoms with Gasteiger partial charge in [-0.2, -0.15) is 10.5 Å². The predicted octanol–water partition coefficient (Wildman–Crippen LogP) is 5.83. The van der Waals surface area contributed by atoms with E-state index in [0.717, 1.165) is 30.6 Å². The fraction of sp³-hybridized carbons (Fsp3) is 0.333. The molecule has 0 saturated carbocycles. The lowest BCUT2D eigenvalue weighted by Gasteiger charge is -2.25. The zero-order valence-corrected chi connectivity index (χ0v) is 17.6. The summed E-state index contributed by atoms with van der Waals surface area (Å²) < 4.78 is 5.25. The highest BCUT2D eigenvalue weighted by molar-refractivity contribution is 8.14. The van der Waals surface area contributed by atoms with Gasteiger partial charge in [0.15, 0.2) is 0 Å². The molecule has 0 amide bonds. The van der Waals surface area contributed by atoms with Gasteiger partial charge in [0.25, 0.3) is 0 Å². The molecule has 0 saturated heterocycles. The monoisotopic (exact) mass is 382 g/mol. The molecule has 2 nitrogen and oxygen atoms in total. The molecule has 0 aliphatic heterocycles. The molecule has 0 radical (unpaired) electrons. The number of rotatable bonds is 9. The summed E-state index contributed by atoms with van der Waals surface area (Å²) in [5.74, 6) is 6.06. The summed E-state index contributed by atoms with van der Waals surface area (Å²) in [6.07, 6.45) is 6.77. The van der Waals surface area contributed by atoms with Gasteiger partial charge in [-0.25, -0.2) is 0 Å². The first-order valence-electron chi connectivity index (χ1n) is 9.21. The molecule has 0 bridgehead atoms. The highest BCUT2D eigenvalue weighted by Gasteiger charge is 2.24. The topological polar surface area (TPSA) is 26.3 Å². The second kappa shape index (κ2) is 9.70. The van der Waals surface area contributed by atoms with E-state index in [-0.39, 0.29) is 15.9 Å². The van der Waals surface area contributed by atoms with Crippen LogP contribution in [0.15, 0.2) is 59.5 Å². The van der Waals surface area contributed by atoms with E-state index in [1.54, 1.807) is 7.11 Å². The molecule has 3 heteroatoms. The van der Waals surface area contributed by atoms with Crippen LogP contribution in [0.2, 0.25) is 0 Å². The fourth-order valence-electron chi connectivity index (χ4n) is 3.10. The highest BCUT2D eigenvalue weighted by Crippen LogP contribution is 2.37. The van der Waals surface area contributed by atoms with E-state index in [4.69, 9.17) is 4.74 Å². The van der Waals surface area contributed by atoms with Crippen LogP contribution in [0.25, 0.3) is 0 Å². The van der Waals surface area contributed by atoms with E-state index in [0.29, 0.717) is 0 Å². The SMILES string of the molecule is C=S(CC(C)(C=O)C/C=C/C)c1ccc(C)cc1Cc1ccc(OC)cc1. The number of benzene rings is 2. The average molecular weight is 383 g/mol. The van der Waals surface area contributed by atoms with Crippen molar-refractivity contribution in [2.45, 2.75) is 38.5 Å². The molecule has 27 heavy (non-hydrogen) atoms. The summed E-state index contributed by atoms with van der Waals surface area (Å²) in [6, 6.07) is 14.8. The number of carbonyl (C=O) groups excluding carboxylic acids is 1. The second-order valence-electron chi connectivity index (χ2n) is 7.32. The number of hydrogen-bond donors (Lipinski definition) is 0. The molecule has 0 fully saturated rings.